The SMILES string of the molecule is Nc1cccc(Cc2nc3cccc(Cl)c3s2)c1. The normalized spacial score (nSPS) is 10.9. The predicted octanol–water partition coefficient (Wildman–Crippen LogP) is 4.12. The number of benzene rings is 2. The summed E-state index contributed by atoms with van der Waals surface area (Å²) in [4.78, 5) is 4.59. The Morgan fingerprint density at radius 3 is 2.78 bits per heavy atom. The molecule has 3 rings (SSSR count). The summed E-state index contributed by atoms with van der Waals surface area (Å²) in [7, 11) is 0. The van der Waals surface area contributed by atoms with Crippen molar-refractivity contribution in [3.05, 3.63) is 58.1 Å². The van der Waals surface area contributed by atoms with Crippen LogP contribution in [-0.2, 0) is 6.42 Å². The monoisotopic (exact) mass is 274 g/mol. The quantitative estimate of drug-likeness (QED) is 0.714. The van der Waals surface area contributed by atoms with E-state index in [1.807, 2.05) is 36.4 Å². The number of anilines is 1. The Balaban J connectivity index is 1.98. The number of nitrogens with two attached hydrogens (primary N) is 1. The molecule has 0 aliphatic heterocycles. The molecule has 0 fully saturated rings. The number of halogens is 1. The summed E-state index contributed by atoms with van der Waals surface area (Å²) in [6.45, 7) is 0. The largest absolute Gasteiger partial charge is 0.399 e. The van der Waals surface area contributed by atoms with Crippen molar-refractivity contribution in [1.82, 2.24) is 4.98 Å². The van der Waals surface area contributed by atoms with Gasteiger partial charge >= 0.3 is 0 Å². The van der Waals surface area contributed by atoms with Gasteiger partial charge < -0.3 is 5.73 Å². The standard InChI is InChI=1S/C14H11ClN2S/c15-11-5-2-6-12-14(11)18-13(17-12)8-9-3-1-4-10(16)7-9/h1-7H,8,16H2. The van der Waals surface area contributed by atoms with Crippen molar-refractivity contribution in [2.45, 2.75) is 6.42 Å². The van der Waals surface area contributed by atoms with Crippen LogP contribution < -0.4 is 5.73 Å². The molecule has 0 aliphatic rings. The van der Waals surface area contributed by atoms with E-state index in [1.54, 1.807) is 11.3 Å². The summed E-state index contributed by atoms with van der Waals surface area (Å²) < 4.78 is 1.05. The van der Waals surface area contributed by atoms with E-state index in [2.05, 4.69) is 11.1 Å². The Kier molecular flexibility index (Phi) is 2.94. The molecular weight excluding hydrogens is 264 g/mol. The molecule has 18 heavy (non-hydrogen) atoms. The number of thiazole rings is 1. The molecular formula is C14H11ClN2S. The number of hydrogen-bond acceptors (Lipinski definition) is 3. The lowest BCUT2D eigenvalue weighted by atomic mass is 10.1. The van der Waals surface area contributed by atoms with Crippen LogP contribution in [-0.4, -0.2) is 4.98 Å². The Labute approximate surface area is 114 Å². The van der Waals surface area contributed by atoms with Gasteiger partial charge in [-0.05, 0) is 29.8 Å². The van der Waals surface area contributed by atoms with E-state index < -0.39 is 0 Å². The van der Waals surface area contributed by atoms with Gasteiger partial charge in [0.1, 0.15) is 0 Å². The van der Waals surface area contributed by atoms with Gasteiger partial charge in [0.15, 0.2) is 0 Å². The van der Waals surface area contributed by atoms with E-state index in [0.29, 0.717) is 0 Å². The minimum atomic E-state index is 0.767. The number of fused-ring (bicyclic) bond motifs is 1. The fraction of sp³-hybridized carbons (Fsp3) is 0.0714. The summed E-state index contributed by atoms with van der Waals surface area (Å²) >= 11 is 7.79. The molecule has 2 aromatic carbocycles. The van der Waals surface area contributed by atoms with Crippen LogP contribution in [0.25, 0.3) is 10.2 Å². The van der Waals surface area contributed by atoms with Crippen molar-refractivity contribution in [3.8, 4) is 0 Å². The third-order valence-corrected chi connectivity index (χ3v) is 4.25. The first kappa shape index (κ1) is 11.5. The van der Waals surface area contributed by atoms with Gasteiger partial charge in [-0.3, -0.25) is 0 Å². The molecule has 0 saturated carbocycles. The molecule has 0 saturated heterocycles. The second-order valence-corrected chi connectivity index (χ2v) is 5.61. The Morgan fingerprint density at radius 1 is 1.17 bits per heavy atom. The highest BCUT2D eigenvalue weighted by molar-refractivity contribution is 7.19. The minimum Gasteiger partial charge on any atom is -0.399 e. The average Bonchev–Trinajstić information content (AvgIpc) is 2.73. The van der Waals surface area contributed by atoms with Gasteiger partial charge in [0.05, 0.1) is 20.2 Å². The number of aromatic nitrogens is 1. The van der Waals surface area contributed by atoms with Crippen molar-refractivity contribution < 1.29 is 0 Å². The maximum atomic E-state index is 6.15. The molecule has 1 heterocycles. The lowest BCUT2D eigenvalue weighted by Crippen LogP contribution is -1.90. The molecule has 1 aromatic heterocycles. The highest BCUT2D eigenvalue weighted by Gasteiger charge is 2.07. The van der Waals surface area contributed by atoms with Crippen LogP contribution in [0, 0.1) is 0 Å². The van der Waals surface area contributed by atoms with E-state index in [9.17, 15) is 0 Å². The number of hydrogen-bond donors (Lipinski definition) is 1. The molecule has 0 atom stereocenters. The molecule has 0 aliphatic carbocycles. The molecule has 90 valence electrons. The van der Waals surface area contributed by atoms with Crippen molar-refractivity contribution in [1.29, 1.82) is 0 Å². The molecule has 2 nitrogen and oxygen atoms in total. The second kappa shape index (κ2) is 4.59. The van der Waals surface area contributed by atoms with Crippen LogP contribution >= 0.6 is 22.9 Å². The van der Waals surface area contributed by atoms with Gasteiger partial charge in [-0.1, -0.05) is 29.8 Å². The van der Waals surface area contributed by atoms with Gasteiger partial charge in [0.25, 0.3) is 0 Å². The third kappa shape index (κ3) is 2.19. The molecule has 2 N–H and O–H groups in total. The maximum Gasteiger partial charge on any atom is 0.0982 e. The van der Waals surface area contributed by atoms with Crippen LogP contribution in [0.3, 0.4) is 0 Å². The minimum absolute atomic E-state index is 0.767. The summed E-state index contributed by atoms with van der Waals surface area (Å²) in [5.74, 6) is 0. The van der Waals surface area contributed by atoms with Crippen LogP contribution in [0.5, 0.6) is 0 Å². The number of nitrogens with zero attached hydrogens (tertiary/aromatic N) is 1. The molecule has 0 amide bonds. The van der Waals surface area contributed by atoms with Crippen LogP contribution in [0.4, 0.5) is 5.69 Å². The van der Waals surface area contributed by atoms with E-state index in [-0.39, 0.29) is 0 Å². The summed E-state index contributed by atoms with van der Waals surface area (Å²) in [5.41, 5.74) is 8.69. The molecule has 0 unspecified atom stereocenters. The molecule has 3 aromatic rings. The van der Waals surface area contributed by atoms with Crippen LogP contribution in [0.2, 0.25) is 5.02 Å². The third-order valence-electron chi connectivity index (χ3n) is 2.72. The zero-order valence-corrected chi connectivity index (χ0v) is 11.1. The zero-order valence-electron chi connectivity index (χ0n) is 9.56. The first-order valence-corrected chi connectivity index (χ1v) is 6.80. The van der Waals surface area contributed by atoms with E-state index >= 15 is 0 Å². The Bertz CT molecular complexity index is 706. The fourth-order valence-corrected chi connectivity index (χ4v) is 3.20. The summed E-state index contributed by atoms with van der Waals surface area (Å²) in [6.07, 6.45) is 0.792. The first-order valence-electron chi connectivity index (χ1n) is 5.61. The lowest BCUT2D eigenvalue weighted by molar-refractivity contribution is 1.16. The van der Waals surface area contributed by atoms with Gasteiger partial charge in [-0.25, -0.2) is 4.98 Å². The van der Waals surface area contributed by atoms with Crippen LogP contribution in [0.15, 0.2) is 42.5 Å². The first-order chi connectivity index (χ1) is 8.72. The van der Waals surface area contributed by atoms with Gasteiger partial charge in [0, 0.05) is 12.1 Å². The van der Waals surface area contributed by atoms with Crippen molar-refractivity contribution in [2.24, 2.45) is 0 Å². The smallest absolute Gasteiger partial charge is 0.0982 e. The highest BCUT2D eigenvalue weighted by atomic mass is 35.5. The molecule has 0 spiro atoms. The van der Waals surface area contributed by atoms with Crippen molar-refractivity contribution in [2.75, 3.05) is 5.73 Å². The lowest BCUT2D eigenvalue weighted by Gasteiger charge is -1.98. The predicted molar refractivity (Wildman–Crippen MR) is 78.3 cm³/mol. The topological polar surface area (TPSA) is 38.9 Å². The number of rotatable bonds is 2. The summed E-state index contributed by atoms with van der Waals surface area (Å²) in [5, 5.41) is 1.83. The molecule has 4 heteroatoms. The van der Waals surface area contributed by atoms with Gasteiger partial charge in [-0.2, -0.15) is 0 Å². The Hall–Kier alpha value is -1.58. The average molecular weight is 275 g/mol. The Morgan fingerprint density at radius 2 is 2.00 bits per heavy atom. The highest BCUT2D eigenvalue weighted by Crippen LogP contribution is 2.30. The van der Waals surface area contributed by atoms with Crippen molar-refractivity contribution >= 4 is 38.8 Å². The summed E-state index contributed by atoms with van der Waals surface area (Å²) in [6, 6.07) is 13.7. The zero-order chi connectivity index (χ0) is 12.5. The van der Waals surface area contributed by atoms with E-state index in [4.69, 9.17) is 17.3 Å². The van der Waals surface area contributed by atoms with Gasteiger partial charge in [0.2, 0.25) is 0 Å². The maximum absolute atomic E-state index is 6.15. The molecule has 0 radical (unpaired) electrons. The molecule has 0 bridgehead atoms. The van der Waals surface area contributed by atoms with E-state index in [1.165, 1.54) is 5.56 Å². The van der Waals surface area contributed by atoms with Gasteiger partial charge in [-0.15, -0.1) is 11.3 Å². The van der Waals surface area contributed by atoms with E-state index in [0.717, 1.165) is 32.4 Å². The van der Waals surface area contributed by atoms with Crippen molar-refractivity contribution in [3.63, 3.8) is 0 Å². The van der Waals surface area contributed by atoms with Crippen LogP contribution in [0.1, 0.15) is 10.6 Å². The number of nitrogen functional groups attached to an aromatic ring is 1. The fourth-order valence-electron chi connectivity index (χ4n) is 1.91. The second-order valence-electron chi connectivity index (χ2n) is 4.12.